The number of anilines is 2. The van der Waals surface area contributed by atoms with Crippen molar-refractivity contribution >= 4 is 17.1 Å². The number of nitrogens with one attached hydrogen (secondary N) is 1. The molecule has 6 nitrogen and oxygen atoms in total. The van der Waals surface area contributed by atoms with E-state index in [1.807, 2.05) is 0 Å². The van der Waals surface area contributed by atoms with Crippen LogP contribution in [0.25, 0.3) is 0 Å². The van der Waals surface area contributed by atoms with Crippen LogP contribution in [0.4, 0.5) is 17.1 Å². The normalized spacial score (nSPS) is 10.7. The molecule has 0 saturated heterocycles. The van der Waals surface area contributed by atoms with Gasteiger partial charge in [0.2, 0.25) is 0 Å². The summed E-state index contributed by atoms with van der Waals surface area (Å²) >= 11 is 0. The molecule has 0 radical (unpaired) electrons. The molecule has 0 aliphatic heterocycles. The van der Waals surface area contributed by atoms with Gasteiger partial charge in [-0.25, -0.2) is 0 Å². The molecule has 0 aromatic heterocycles. The van der Waals surface area contributed by atoms with Crippen LogP contribution >= 0.6 is 0 Å². The summed E-state index contributed by atoms with van der Waals surface area (Å²) in [5.74, 6) is 0.544. The minimum absolute atomic E-state index is 0.0641. The molecule has 1 rings (SSSR count). The maximum atomic E-state index is 10.6. The monoisotopic (exact) mass is 267 g/mol. The molecule has 0 unspecified atom stereocenters. The number of ether oxygens (including phenoxy) is 1. The first kappa shape index (κ1) is 15.2. The molecule has 19 heavy (non-hydrogen) atoms. The van der Waals surface area contributed by atoms with Crippen LogP contribution in [0.1, 0.15) is 20.3 Å². The minimum Gasteiger partial charge on any atom is -0.393 e. The highest BCUT2D eigenvalue weighted by atomic mass is 16.6. The van der Waals surface area contributed by atoms with E-state index in [0.29, 0.717) is 12.5 Å². The Labute approximate surface area is 113 Å². The summed E-state index contributed by atoms with van der Waals surface area (Å²) < 4.78 is 5.45. The Balaban J connectivity index is 2.30. The number of nitrogens with two attached hydrogens (primary N) is 1. The zero-order chi connectivity index (χ0) is 14.3. The number of nitrogen functional groups attached to an aromatic ring is 1. The predicted octanol–water partition coefficient (Wildman–Crippen LogP) is 2.65. The Morgan fingerprint density at radius 1 is 1.47 bits per heavy atom. The zero-order valence-electron chi connectivity index (χ0n) is 11.4. The fourth-order valence-electron chi connectivity index (χ4n) is 1.56. The van der Waals surface area contributed by atoms with Gasteiger partial charge in [-0.3, -0.25) is 10.1 Å². The van der Waals surface area contributed by atoms with Crippen LogP contribution in [0, 0.1) is 16.0 Å². The average molecular weight is 267 g/mol. The molecule has 0 atom stereocenters. The van der Waals surface area contributed by atoms with Gasteiger partial charge in [0.15, 0.2) is 0 Å². The van der Waals surface area contributed by atoms with E-state index >= 15 is 0 Å². The summed E-state index contributed by atoms with van der Waals surface area (Å²) in [6.45, 7) is 6.43. The van der Waals surface area contributed by atoms with Crippen LogP contribution in [0.15, 0.2) is 18.2 Å². The third-order valence-corrected chi connectivity index (χ3v) is 2.47. The maximum absolute atomic E-state index is 10.6. The molecular weight excluding hydrogens is 246 g/mol. The highest BCUT2D eigenvalue weighted by Crippen LogP contribution is 2.24. The first-order chi connectivity index (χ1) is 9.00. The number of hydrogen-bond donors (Lipinski definition) is 2. The second-order valence-corrected chi connectivity index (χ2v) is 4.78. The minimum atomic E-state index is -0.487. The molecule has 0 aliphatic carbocycles. The summed E-state index contributed by atoms with van der Waals surface area (Å²) in [6.07, 6.45) is 0.879. The van der Waals surface area contributed by atoms with Crippen LogP contribution < -0.4 is 11.1 Å². The van der Waals surface area contributed by atoms with E-state index < -0.39 is 4.92 Å². The molecule has 1 aromatic carbocycles. The number of nitro groups is 1. The van der Waals surface area contributed by atoms with Crippen molar-refractivity contribution in [2.75, 3.05) is 30.8 Å². The number of rotatable bonds is 8. The lowest BCUT2D eigenvalue weighted by molar-refractivity contribution is -0.383. The first-order valence-corrected chi connectivity index (χ1v) is 6.36. The van der Waals surface area contributed by atoms with E-state index in [1.54, 1.807) is 12.1 Å². The van der Waals surface area contributed by atoms with Gasteiger partial charge in [0.1, 0.15) is 5.69 Å². The van der Waals surface area contributed by atoms with Crippen LogP contribution in [-0.4, -0.2) is 24.7 Å². The van der Waals surface area contributed by atoms with E-state index in [2.05, 4.69) is 19.2 Å². The van der Waals surface area contributed by atoms with Gasteiger partial charge >= 0.3 is 0 Å². The Hall–Kier alpha value is -1.82. The van der Waals surface area contributed by atoms with Gasteiger partial charge < -0.3 is 15.8 Å². The largest absolute Gasteiger partial charge is 0.393 e. The molecule has 0 heterocycles. The molecule has 3 N–H and O–H groups in total. The van der Waals surface area contributed by atoms with Crippen LogP contribution in [0.2, 0.25) is 0 Å². The molecule has 0 spiro atoms. The zero-order valence-corrected chi connectivity index (χ0v) is 11.4. The summed E-state index contributed by atoms with van der Waals surface area (Å²) in [5.41, 5.74) is 6.49. The third kappa shape index (κ3) is 5.56. The van der Waals surface area contributed by atoms with Gasteiger partial charge in [-0.15, -0.1) is 0 Å². The topological polar surface area (TPSA) is 90.4 Å². The lowest BCUT2D eigenvalue weighted by atomic mass is 10.2. The van der Waals surface area contributed by atoms with Crippen molar-refractivity contribution in [1.29, 1.82) is 0 Å². The number of nitro benzene ring substituents is 1. The second-order valence-electron chi connectivity index (χ2n) is 4.78. The SMILES string of the molecule is CC(C)COCCCNc1ccc([N+](=O)[O-])c(N)c1. The molecule has 0 bridgehead atoms. The number of hydrogen-bond acceptors (Lipinski definition) is 5. The lowest BCUT2D eigenvalue weighted by Gasteiger charge is -2.09. The molecule has 106 valence electrons. The highest BCUT2D eigenvalue weighted by Gasteiger charge is 2.10. The van der Waals surface area contributed by atoms with Gasteiger partial charge in [-0.2, -0.15) is 0 Å². The second kappa shape index (κ2) is 7.58. The van der Waals surface area contributed by atoms with E-state index in [0.717, 1.165) is 25.3 Å². The third-order valence-electron chi connectivity index (χ3n) is 2.47. The summed E-state index contributed by atoms with van der Waals surface area (Å²) in [5, 5.41) is 13.8. The van der Waals surface area contributed by atoms with Crippen molar-refractivity contribution in [2.45, 2.75) is 20.3 Å². The average Bonchev–Trinajstić information content (AvgIpc) is 2.32. The van der Waals surface area contributed by atoms with E-state index in [4.69, 9.17) is 10.5 Å². The number of benzene rings is 1. The van der Waals surface area contributed by atoms with E-state index in [-0.39, 0.29) is 11.4 Å². The molecular formula is C13H21N3O3. The van der Waals surface area contributed by atoms with Crippen molar-refractivity contribution in [3.05, 3.63) is 28.3 Å². The Morgan fingerprint density at radius 2 is 2.21 bits per heavy atom. The van der Waals surface area contributed by atoms with Crippen molar-refractivity contribution in [3.8, 4) is 0 Å². The Morgan fingerprint density at radius 3 is 2.79 bits per heavy atom. The molecule has 0 fully saturated rings. The molecule has 0 amide bonds. The summed E-state index contributed by atoms with van der Waals surface area (Å²) in [6, 6.07) is 4.64. The smallest absolute Gasteiger partial charge is 0.292 e. The van der Waals surface area contributed by atoms with Gasteiger partial charge in [0.25, 0.3) is 5.69 Å². The number of nitrogens with zero attached hydrogens (tertiary/aromatic N) is 1. The Kier molecular flexibility index (Phi) is 6.08. The maximum Gasteiger partial charge on any atom is 0.292 e. The van der Waals surface area contributed by atoms with E-state index in [1.165, 1.54) is 6.07 Å². The highest BCUT2D eigenvalue weighted by molar-refractivity contribution is 5.65. The van der Waals surface area contributed by atoms with Crippen molar-refractivity contribution in [3.63, 3.8) is 0 Å². The molecule has 6 heteroatoms. The Bertz CT molecular complexity index is 422. The quantitative estimate of drug-likeness (QED) is 0.327. The van der Waals surface area contributed by atoms with Gasteiger partial charge in [0.05, 0.1) is 4.92 Å². The standard InChI is InChI=1S/C13H21N3O3/c1-10(2)9-19-7-3-6-15-11-4-5-13(16(17)18)12(14)8-11/h4-5,8,10,15H,3,6-7,9,14H2,1-2H3. The van der Waals surface area contributed by atoms with Crippen LogP contribution in [0.5, 0.6) is 0 Å². The van der Waals surface area contributed by atoms with Crippen LogP contribution in [0.3, 0.4) is 0 Å². The van der Waals surface area contributed by atoms with Crippen molar-refractivity contribution in [1.82, 2.24) is 0 Å². The van der Waals surface area contributed by atoms with Gasteiger partial charge in [-0.05, 0) is 24.5 Å². The molecule has 1 aromatic rings. The molecule has 0 saturated carbocycles. The summed E-state index contributed by atoms with van der Waals surface area (Å²) in [4.78, 5) is 10.1. The lowest BCUT2D eigenvalue weighted by Crippen LogP contribution is -2.08. The predicted molar refractivity (Wildman–Crippen MR) is 76.3 cm³/mol. The molecule has 0 aliphatic rings. The van der Waals surface area contributed by atoms with Crippen LogP contribution in [-0.2, 0) is 4.74 Å². The van der Waals surface area contributed by atoms with Gasteiger partial charge in [-0.1, -0.05) is 13.8 Å². The van der Waals surface area contributed by atoms with Crippen molar-refractivity contribution in [2.24, 2.45) is 5.92 Å². The van der Waals surface area contributed by atoms with Crippen molar-refractivity contribution < 1.29 is 9.66 Å². The fourth-order valence-corrected chi connectivity index (χ4v) is 1.56. The first-order valence-electron chi connectivity index (χ1n) is 6.36. The summed E-state index contributed by atoms with van der Waals surface area (Å²) in [7, 11) is 0. The van der Waals surface area contributed by atoms with E-state index in [9.17, 15) is 10.1 Å². The van der Waals surface area contributed by atoms with Gasteiger partial charge in [0, 0.05) is 31.5 Å². The fraction of sp³-hybridized carbons (Fsp3) is 0.538.